The lowest BCUT2D eigenvalue weighted by Crippen LogP contribution is -2.19. The van der Waals surface area contributed by atoms with Gasteiger partial charge in [-0.25, -0.2) is 0 Å². The van der Waals surface area contributed by atoms with Crippen LogP contribution < -0.4 is 5.32 Å². The summed E-state index contributed by atoms with van der Waals surface area (Å²) in [5.41, 5.74) is 0.635. The van der Waals surface area contributed by atoms with Gasteiger partial charge in [-0.2, -0.15) is 0 Å². The normalized spacial score (nSPS) is 19.2. The van der Waals surface area contributed by atoms with Gasteiger partial charge in [-0.05, 0) is 35.5 Å². The third-order valence-electron chi connectivity index (χ3n) is 2.14. The highest BCUT2D eigenvalue weighted by Gasteiger charge is 2.24. The maximum absolute atomic E-state index is 11.4. The summed E-state index contributed by atoms with van der Waals surface area (Å²) in [6.07, 6.45) is 1.56. The Labute approximate surface area is 105 Å². The lowest BCUT2D eigenvalue weighted by atomic mass is 10.2. The van der Waals surface area contributed by atoms with Gasteiger partial charge >= 0.3 is 0 Å². The van der Waals surface area contributed by atoms with Crippen molar-refractivity contribution in [2.45, 2.75) is 0 Å². The van der Waals surface area contributed by atoms with E-state index in [0.717, 1.165) is 11.8 Å². The fourth-order valence-corrected chi connectivity index (χ4v) is 2.05. The van der Waals surface area contributed by atoms with Crippen LogP contribution in [0.15, 0.2) is 34.3 Å². The molecule has 0 atom stereocenters. The molecule has 2 N–H and O–H groups in total. The number of carbonyl (C=O) groups excluding carboxylic acids is 1. The Morgan fingerprint density at radius 1 is 1.39 bits per heavy atom. The van der Waals surface area contributed by atoms with Gasteiger partial charge in [0.2, 0.25) is 5.17 Å². The zero-order valence-electron chi connectivity index (χ0n) is 8.86. The number of rotatable bonds is 2. The van der Waals surface area contributed by atoms with E-state index in [-0.39, 0.29) is 16.8 Å². The van der Waals surface area contributed by atoms with Crippen molar-refractivity contribution in [1.82, 2.24) is 5.32 Å². The number of carbonyl (C=O) groups is 1. The summed E-state index contributed by atoms with van der Waals surface area (Å²) >= 11 is 0.991. The maximum Gasteiger partial charge on any atom is 0.269 e. The van der Waals surface area contributed by atoms with Crippen LogP contribution >= 0.6 is 11.8 Å². The van der Waals surface area contributed by atoms with Crippen molar-refractivity contribution in [3.05, 3.63) is 44.8 Å². The first kappa shape index (κ1) is 12.1. The molecular weight excluding hydrogens is 258 g/mol. The van der Waals surface area contributed by atoms with Gasteiger partial charge in [0, 0.05) is 12.1 Å². The number of amides is 1. The summed E-state index contributed by atoms with van der Waals surface area (Å²) in [7, 11) is 0. The quantitative estimate of drug-likeness (QED) is 0.365. The second-order valence-electron chi connectivity index (χ2n) is 3.32. The molecule has 0 aliphatic carbocycles. The second kappa shape index (κ2) is 4.88. The predicted molar refractivity (Wildman–Crippen MR) is 66.0 cm³/mol. The standard InChI is InChI=1S/C10H7N3O4S/c14-9-8(18-10(11-9)12-15)5-6-1-3-7(4-2-6)13(16)17/h1-5,15H,(H,11,12,14)/b8-5+. The molecule has 1 aliphatic heterocycles. The van der Waals surface area contributed by atoms with E-state index in [0.29, 0.717) is 10.5 Å². The lowest BCUT2D eigenvalue weighted by molar-refractivity contribution is -0.384. The number of oxime groups is 1. The Morgan fingerprint density at radius 2 is 2.06 bits per heavy atom. The molecule has 1 heterocycles. The number of nitrogens with one attached hydrogen (secondary N) is 1. The van der Waals surface area contributed by atoms with Crippen LogP contribution in [-0.4, -0.2) is 21.2 Å². The average molecular weight is 265 g/mol. The molecule has 1 aliphatic rings. The van der Waals surface area contributed by atoms with E-state index in [1.54, 1.807) is 6.08 Å². The van der Waals surface area contributed by atoms with Crippen LogP contribution in [0.5, 0.6) is 0 Å². The molecule has 0 radical (unpaired) electrons. The molecule has 1 amide bonds. The van der Waals surface area contributed by atoms with E-state index in [1.165, 1.54) is 24.3 Å². The topological polar surface area (TPSA) is 105 Å². The van der Waals surface area contributed by atoms with Gasteiger partial charge in [0.05, 0.1) is 9.83 Å². The highest BCUT2D eigenvalue weighted by molar-refractivity contribution is 8.18. The molecular formula is C10H7N3O4S. The van der Waals surface area contributed by atoms with Gasteiger partial charge in [0.25, 0.3) is 11.6 Å². The number of nitrogens with zero attached hydrogens (tertiary/aromatic N) is 2. The minimum absolute atomic E-state index is 0.0155. The first-order valence-corrected chi connectivity index (χ1v) is 5.59. The first-order valence-electron chi connectivity index (χ1n) is 4.77. The molecule has 1 saturated heterocycles. The van der Waals surface area contributed by atoms with Crippen LogP contribution in [0.2, 0.25) is 0 Å². The average Bonchev–Trinajstić information content (AvgIpc) is 2.71. The van der Waals surface area contributed by atoms with Gasteiger partial charge in [-0.15, -0.1) is 0 Å². The van der Waals surface area contributed by atoms with Crippen molar-refractivity contribution in [1.29, 1.82) is 0 Å². The number of amidine groups is 1. The summed E-state index contributed by atoms with van der Waals surface area (Å²) in [5.74, 6) is -0.369. The SMILES string of the molecule is O=C1NC(=NO)S/C1=C/c1ccc([N+](=O)[O-])cc1. The summed E-state index contributed by atoms with van der Waals surface area (Å²) in [4.78, 5) is 21.8. The van der Waals surface area contributed by atoms with E-state index < -0.39 is 4.92 Å². The third kappa shape index (κ3) is 2.48. The summed E-state index contributed by atoms with van der Waals surface area (Å²) in [6, 6.07) is 5.77. The van der Waals surface area contributed by atoms with Crippen LogP contribution in [-0.2, 0) is 4.79 Å². The lowest BCUT2D eigenvalue weighted by Gasteiger charge is -1.95. The Bertz CT molecular complexity index is 565. The molecule has 2 rings (SSSR count). The molecule has 0 bridgehead atoms. The van der Waals surface area contributed by atoms with Crippen LogP contribution in [0.1, 0.15) is 5.56 Å². The third-order valence-corrected chi connectivity index (χ3v) is 3.04. The van der Waals surface area contributed by atoms with E-state index in [9.17, 15) is 14.9 Å². The summed E-state index contributed by atoms with van der Waals surface area (Å²) in [5, 5.41) is 24.3. The molecule has 7 nitrogen and oxygen atoms in total. The van der Waals surface area contributed by atoms with Crippen LogP contribution in [0.25, 0.3) is 6.08 Å². The predicted octanol–water partition coefficient (Wildman–Crippen LogP) is 1.54. The van der Waals surface area contributed by atoms with E-state index >= 15 is 0 Å². The van der Waals surface area contributed by atoms with Crippen molar-refractivity contribution in [3.8, 4) is 0 Å². The smallest absolute Gasteiger partial charge is 0.269 e. The molecule has 0 saturated carbocycles. The zero-order chi connectivity index (χ0) is 13.1. The molecule has 1 fully saturated rings. The van der Waals surface area contributed by atoms with Crippen LogP contribution in [0.4, 0.5) is 5.69 Å². The number of non-ortho nitro benzene ring substituents is 1. The fourth-order valence-electron chi connectivity index (χ4n) is 1.32. The first-order chi connectivity index (χ1) is 8.60. The molecule has 0 unspecified atom stereocenters. The van der Waals surface area contributed by atoms with Gasteiger partial charge in [-0.1, -0.05) is 5.16 Å². The molecule has 18 heavy (non-hydrogen) atoms. The van der Waals surface area contributed by atoms with E-state index in [1.807, 2.05) is 0 Å². The molecule has 1 aromatic carbocycles. The second-order valence-corrected chi connectivity index (χ2v) is 4.35. The molecule has 0 spiro atoms. The summed E-state index contributed by atoms with van der Waals surface area (Å²) in [6.45, 7) is 0. The van der Waals surface area contributed by atoms with Crippen molar-refractivity contribution in [3.63, 3.8) is 0 Å². The van der Waals surface area contributed by atoms with Crippen molar-refractivity contribution >= 4 is 34.6 Å². The van der Waals surface area contributed by atoms with Gasteiger partial charge in [-0.3, -0.25) is 20.2 Å². The Morgan fingerprint density at radius 3 is 2.56 bits per heavy atom. The number of nitro benzene ring substituents is 1. The molecule has 1 aromatic rings. The highest BCUT2D eigenvalue weighted by atomic mass is 32.2. The largest absolute Gasteiger partial charge is 0.409 e. The van der Waals surface area contributed by atoms with Crippen molar-refractivity contribution < 1.29 is 14.9 Å². The number of benzene rings is 1. The van der Waals surface area contributed by atoms with E-state index in [4.69, 9.17) is 5.21 Å². The fraction of sp³-hybridized carbons (Fsp3) is 0. The number of hydrogen-bond donors (Lipinski definition) is 2. The Balaban J connectivity index is 2.23. The van der Waals surface area contributed by atoms with E-state index in [2.05, 4.69) is 10.5 Å². The van der Waals surface area contributed by atoms with Crippen molar-refractivity contribution in [2.75, 3.05) is 0 Å². The van der Waals surface area contributed by atoms with Gasteiger partial charge < -0.3 is 5.21 Å². The highest BCUT2D eigenvalue weighted by Crippen LogP contribution is 2.26. The Kier molecular flexibility index (Phi) is 3.28. The van der Waals surface area contributed by atoms with Crippen LogP contribution in [0, 0.1) is 10.1 Å². The number of hydrogen-bond acceptors (Lipinski definition) is 6. The zero-order valence-corrected chi connectivity index (χ0v) is 9.68. The van der Waals surface area contributed by atoms with Crippen LogP contribution in [0.3, 0.4) is 0 Å². The van der Waals surface area contributed by atoms with Gasteiger partial charge in [0.15, 0.2) is 0 Å². The number of thioether (sulfide) groups is 1. The minimum Gasteiger partial charge on any atom is -0.409 e. The van der Waals surface area contributed by atoms with Crippen molar-refractivity contribution in [2.24, 2.45) is 5.16 Å². The molecule has 0 aromatic heterocycles. The molecule has 8 heteroatoms. The molecule has 92 valence electrons. The Hall–Kier alpha value is -2.35. The summed E-state index contributed by atoms with van der Waals surface area (Å²) < 4.78 is 0. The monoisotopic (exact) mass is 265 g/mol. The van der Waals surface area contributed by atoms with Gasteiger partial charge in [0.1, 0.15) is 0 Å². The minimum atomic E-state index is -0.496. The number of nitro groups is 1. The maximum atomic E-state index is 11.4.